The van der Waals surface area contributed by atoms with E-state index in [0.29, 0.717) is 16.3 Å². The molecule has 3 rings (SSSR count). The molecule has 0 aliphatic rings. The molecular formula is C11H7F3N4S. The number of benzene rings is 1. The van der Waals surface area contributed by atoms with Crippen molar-refractivity contribution in [3.8, 4) is 11.4 Å². The minimum absolute atomic E-state index is 0.311. The van der Waals surface area contributed by atoms with Gasteiger partial charge in [-0.3, -0.25) is 0 Å². The van der Waals surface area contributed by atoms with Crippen LogP contribution in [0, 0.1) is 6.92 Å². The molecular weight excluding hydrogens is 277 g/mol. The van der Waals surface area contributed by atoms with Gasteiger partial charge in [0.05, 0.1) is 5.56 Å². The number of hydrogen-bond donors (Lipinski definition) is 0. The first-order chi connectivity index (χ1) is 8.95. The Kier molecular flexibility index (Phi) is 2.56. The molecule has 0 aliphatic heterocycles. The fraction of sp³-hybridized carbons (Fsp3) is 0.182. The van der Waals surface area contributed by atoms with Crippen LogP contribution in [0.3, 0.4) is 0 Å². The third-order valence-electron chi connectivity index (χ3n) is 2.54. The lowest BCUT2D eigenvalue weighted by molar-refractivity contribution is -0.137. The maximum absolute atomic E-state index is 12.7. The molecule has 0 bridgehead atoms. The molecule has 2 aromatic heterocycles. The molecule has 0 N–H and O–H groups in total. The lowest BCUT2D eigenvalue weighted by Crippen LogP contribution is -2.05. The number of rotatable bonds is 1. The van der Waals surface area contributed by atoms with E-state index in [4.69, 9.17) is 0 Å². The first-order valence-corrected chi connectivity index (χ1v) is 6.13. The summed E-state index contributed by atoms with van der Waals surface area (Å²) in [5.74, 6) is 0.311. The summed E-state index contributed by atoms with van der Waals surface area (Å²) in [6.07, 6.45) is -4.38. The highest BCUT2D eigenvalue weighted by atomic mass is 32.1. The van der Waals surface area contributed by atoms with Gasteiger partial charge >= 0.3 is 6.18 Å². The number of fused-ring (bicyclic) bond motifs is 1. The summed E-state index contributed by atoms with van der Waals surface area (Å²) in [6.45, 7) is 1.80. The third kappa shape index (κ3) is 2.07. The second kappa shape index (κ2) is 4.02. The Morgan fingerprint density at radius 1 is 1.21 bits per heavy atom. The SMILES string of the molecule is Cc1nn2c(-c3cccc(C(F)(F)F)c3)nnc2s1. The van der Waals surface area contributed by atoms with Crippen molar-refractivity contribution in [2.24, 2.45) is 0 Å². The fourth-order valence-electron chi connectivity index (χ4n) is 1.73. The molecule has 3 aromatic rings. The van der Waals surface area contributed by atoms with Crippen LogP contribution in [-0.4, -0.2) is 19.8 Å². The van der Waals surface area contributed by atoms with Crippen LogP contribution in [0.4, 0.5) is 13.2 Å². The number of hydrogen-bond acceptors (Lipinski definition) is 4. The summed E-state index contributed by atoms with van der Waals surface area (Å²) in [7, 11) is 0. The predicted molar refractivity (Wildman–Crippen MR) is 63.8 cm³/mol. The van der Waals surface area contributed by atoms with Gasteiger partial charge in [0.1, 0.15) is 5.01 Å². The molecule has 0 unspecified atom stereocenters. The zero-order chi connectivity index (χ0) is 13.6. The molecule has 98 valence electrons. The average Bonchev–Trinajstić information content (AvgIpc) is 2.86. The van der Waals surface area contributed by atoms with Crippen molar-refractivity contribution in [2.45, 2.75) is 13.1 Å². The maximum atomic E-state index is 12.7. The van der Waals surface area contributed by atoms with Crippen LogP contribution in [-0.2, 0) is 6.18 Å². The lowest BCUT2D eigenvalue weighted by Gasteiger charge is -2.07. The number of alkyl halides is 3. The summed E-state index contributed by atoms with van der Waals surface area (Å²) < 4.78 is 39.5. The van der Waals surface area contributed by atoms with Crippen LogP contribution in [0.2, 0.25) is 0 Å². The van der Waals surface area contributed by atoms with Crippen molar-refractivity contribution in [1.82, 2.24) is 19.8 Å². The molecule has 2 heterocycles. The Balaban J connectivity index is 2.16. The van der Waals surface area contributed by atoms with E-state index in [-0.39, 0.29) is 0 Å². The summed E-state index contributed by atoms with van der Waals surface area (Å²) >= 11 is 1.33. The van der Waals surface area contributed by atoms with Gasteiger partial charge in [-0.2, -0.15) is 22.8 Å². The average molecular weight is 284 g/mol. The van der Waals surface area contributed by atoms with Gasteiger partial charge in [0.15, 0.2) is 5.82 Å². The molecule has 0 atom stereocenters. The van der Waals surface area contributed by atoms with Crippen molar-refractivity contribution in [1.29, 1.82) is 0 Å². The van der Waals surface area contributed by atoms with Crippen molar-refractivity contribution in [2.75, 3.05) is 0 Å². The predicted octanol–water partition coefficient (Wildman–Crippen LogP) is 3.18. The fourth-order valence-corrected chi connectivity index (χ4v) is 2.41. The molecule has 0 amide bonds. The Morgan fingerprint density at radius 2 is 2.00 bits per heavy atom. The van der Waals surface area contributed by atoms with Crippen LogP contribution in [0.5, 0.6) is 0 Å². The molecule has 0 radical (unpaired) electrons. The highest BCUT2D eigenvalue weighted by Crippen LogP contribution is 2.32. The van der Waals surface area contributed by atoms with Gasteiger partial charge in [0.2, 0.25) is 4.96 Å². The number of aryl methyl sites for hydroxylation is 1. The summed E-state index contributed by atoms with van der Waals surface area (Å²) in [5, 5.41) is 12.7. The Bertz CT molecular complexity index is 744. The minimum atomic E-state index is -4.38. The normalized spacial score (nSPS) is 12.2. The molecule has 0 saturated heterocycles. The Morgan fingerprint density at radius 3 is 2.74 bits per heavy atom. The van der Waals surface area contributed by atoms with E-state index in [2.05, 4.69) is 15.3 Å². The molecule has 8 heteroatoms. The van der Waals surface area contributed by atoms with Crippen molar-refractivity contribution < 1.29 is 13.2 Å². The van der Waals surface area contributed by atoms with Crippen LogP contribution >= 0.6 is 11.3 Å². The lowest BCUT2D eigenvalue weighted by atomic mass is 10.1. The van der Waals surface area contributed by atoms with Crippen molar-refractivity contribution in [3.05, 3.63) is 34.8 Å². The molecule has 19 heavy (non-hydrogen) atoms. The van der Waals surface area contributed by atoms with Crippen LogP contribution in [0.1, 0.15) is 10.6 Å². The molecule has 4 nitrogen and oxygen atoms in total. The van der Waals surface area contributed by atoms with E-state index in [0.717, 1.165) is 17.1 Å². The number of nitrogens with zero attached hydrogens (tertiary/aromatic N) is 4. The largest absolute Gasteiger partial charge is 0.416 e. The van der Waals surface area contributed by atoms with Gasteiger partial charge in [-0.25, -0.2) is 0 Å². The molecule has 0 fully saturated rings. The zero-order valence-electron chi connectivity index (χ0n) is 9.64. The summed E-state index contributed by atoms with van der Waals surface area (Å²) in [5.41, 5.74) is -0.374. The van der Waals surface area contributed by atoms with Crippen LogP contribution in [0.25, 0.3) is 16.3 Å². The standard InChI is InChI=1S/C11H7F3N4S/c1-6-17-18-9(15-16-10(18)19-6)7-3-2-4-8(5-7)11(12,13)14/h2-5H,1H3. The molecule has 0 aliphatic carbocycles. The smallest absolute Gasteiger partial charge is 0.183 e. The minimum Gasteiger partial charge on any atom is -0.183 e. The molecule has 0 saturated carbocycles. The van der Waals surface area contributed by atoms with Gasteiger partial charge in [-0.1, -0.05) is 23.5 Å². The third-order valence-corrected chi connectivity index (χ3v) is 3.35. The van der Waals surface area contributed by atoms with E-state index in [1.165, 1.54) is 21.9 Å². The van der Waals surface area contributed by atoms with Crippen LogP contribution in [0.15, 0.2) is 24.3 Å². The maximum Gasteiger partial charge on any atom is 0.416 e. The van der Waals surface area contributed by atoms with Crippen molar-refractivity contribution >= 4 is 16.3 Å². The second-order valence-corrected chi connectivity index (χ2v) is 5.08. The molecule has 1 aromatic carbocycles. The van der Waals surface area contributed by atoms with E-state index < -0.39 is 11.7 Å². The van der Waals surface area contributed by atoms with Crippen LogP contribution < -0.4 is 0 Å². The topological polar surface area (TPSA) is 43.1 Å². The first-order valence-electron chi connectivity index (χ1n) is 5.31. The van der Waals surface area contributed by atoms with E-state index in [1.807, 2.05) is 0 Å². The van der Waals surface area contributed by atoms with Gasteiger partial charge < -0.3 is 0 Å². The van der Waals surface area contributed by atoms with Gasteiger partial charge in [0, 0.05) is 5.56 Å². The summed E-state index contributed by atoms with van der Waals surface area (Å²) in [4.78, 5) is 0.560. The van der Waals surface area contributed by atoms with Gasteiger partial charge in [-0.05, 0) is 19.1 Å². The highest BCUT2D eigenvalue weighted by Gasteiger charge is 2.30. The number of aromatic nitrogens is 4. The molecule has 0 spiro atoms. The monoisotopic (exact) mass is 284 g/mol. The Hall–Kier alpha value is -1.96. The Labute approximate surface area is 109 Å². The highest BCUT2D eigenvalue weighted by molar-refractivity contribution is 7.16. The number of halogens is 3. The second-order valence-electron chi connectivity index (χ2n) is 3.92. The first kappa shape index (κ1) is 12.1. The summed E-state index contributed by atoms with van der Waals surface area (Å²) in [6, 6.07) is 4.97. The zero-order valence-corrected chi connectivity index (χ0v) is 10.5. The van der Waals surface area contributed by atoms with Crippen molar-refractivity contribution in [3.63, 3.8) is 0 Å². The van der Waals surface area contributed by atoms with Gasteiger partial charge in [0.25, 0.3) is 0 Å². The quantitative estimate of drug-likeness (QED) is 0.689. The van der Waals surface area contributed by atoms with E-state index in [9.17, 15) is 13.2 Å². The van der Waals surface area contributed by atoms with Gasteiger partial charge in [-0.15, -0.1) is 10.2 Å². The van der Waals surface area contributed by atoms with E-state index in [1.54, 1.807) is 13.0 Å². The van der Waals surface area contributed by atoms with E-state index >= 15 is 0 Å².